The summed E-state index contributed by atoms with van der Waals surface area (Å²) in [4.78, 5) is 2.08. The minimum Gasteiger partial charge on any atom is -0.381 e. The van der Waals surface area contributed by atoms with Crippen LogP contribution < -0.4 is 10.6 Å². The zero-order chi connectivity index (χ0) is 10.8. The van der Waals surface area contributed by atoms with Crippen molar-refractivity contribution in [1.82, 2.24) is 5.16 Å². The minimum atomic E-state index is 0.422. The van der Waals surface area contributed by atoms with Gasteiger partial charge in [-0.15, -0.1) is 11.3 Å². The van der Waals surface area contributed by atoms with Crippen LogP contribution in [0.4, 0.5) is 10.8 Å². The lowest BCUT2D eigenvalue weighted by molar-refractivity contribution is 0.386. The van der Waals surface area contributed by atoms with Gasteiger partial charge in [-0.1, -0.05) is 5.16 Å². The molecule has 2 aromatic heterocycles. The van der Waals surface area contributed by atoms with Crippen molar-refractivity contribution < 1.29 is 4.52 Å². The Kier molecular flexibility index (Phi) is 2.97. The standard InChI is InChI=1S/C9H10BrN3OS/c1-13(9-2-6(10)5-15-9)4-7-3-8(11)12-14-7/h2-3,5H,4H2,1H3,(H2,11,12). The van der Waals surface area contributed by atoms with Crippen LogP contribution in [-0.4, -0.2) is 12.2 Å². The van der Waals surface area contributed by atoms with Gasteiger partial charge in [-0.3, -0.25) is 0 Å². The molecule has 6 heteroatoms. The lowest BCUT2D eigenvalue weighted by Gasteiger charge is -2.14. The van der Waals surface area contributed by atoms with Gasteiger partial charge in [0.15, 0.2) is 11.6 Å². The first-order valence-electron chi connectivity index (χ1n) is 4.31. The van der Waals surface area contributed by atoms with Crippen LogP contribution in [0.2, 0.25) is 0 Å². The smallest absolute Gasteiger partial charge is 0.167 e. The number of nitrogen functional groups attached to an aromatic ring is 1. The van der Waals surface area contributed by atoms with Gasteiger partial charge in [0.2, 0.25) is 0 Å². The molecule has 0 amide bonds. The number of nitrogens with two attached hydrogens (primary N) is 1. The Morgan fingerprint density at radius 2 is 2.40 bits per heavy atom. The lowest BCUT2D eigenvalue weighted by atomic mass is 10.4. The number of nitrogens with zero attached hydrogens (tertiary/aromatic N) is 2. The second-order valence-electron chi connectivity index (χ2n) is 3.18. The first kappa shape index (κ1) is 10.5. The van der Waals surface area contributed by atoms with Gasteiger partial charge in [0, 0.05) is 23.0 Å². The fraction of sp³-hybridized carbons (Fsp3) is 0.222. The zero-order valence-corrected chi connectivity index (χ0v) is 10.5. The Morgan fingerprint density at radius 1 is 1.60 bits per heavy atom. The predicted molar refractivity (Wildman–Crippen MR) is 65.0 cm³/mol. The van der Waals surface area contributed by atoms with E-state index in [0.29, 0.717) is 12.4 Å². The highest BCUT2D eigenvalue weighted by Crippen LogP contribution is 2.28. The second kappa shape index (κ2) is 4.24. The number of thiophene rings is 1. The van der Waals surface area contributed by atoms with Crippen molar-refractivity contribution in [2.75, 3.05) is 17.7 Å². The summed E-state index contributed by atoms with van der Waals surface area (Å²) in [6.07, 6.45) is 0. The average Bonchev–Trinajstić information content (AvgIpc) is 2.75. The van der Waals surface area contributed by atoms with E-state index in [2.05, 4.69) is 32.1 Å². The molecular formula is C9H10BrN3OS. The molecule has 2 heterocycles. The third-order valence-corrected chi connectivity index (χ3v) is 3.70. The Labute approximate surface area is 99.8 Å². The average molecular weight is 288 g/mol. The summed E-state index contributed by atoms with van der Waals surface area (Å²) in [6.45, 7) is 0.664. The van der Waals surface area contributed by atoms with E-state index in [9.17, 15) is 0 Å². The summed E-state index contributed by atoms with van der Waals surface area (Å²) in [7, 11) is 2.00. The molecule has 15 heavy (non-hydrogen) atoms. The Hall–Kier alpha value is -1.01. The van der Waals surface area contributed by atoms with Gasteiger partial charge in [0.1, 0.15) is 0 Å². The molecule has 0 aliphatic rings. The summed E-state index contributed by atoms with van der Waals surface area (Å²) < 4.78 is 6.13. The van der Waals surface area contributed by atoms with Gasteiger partial charge in [-0.05, 0) is 22.0 Å². The van der Waals surface area contributed by atoms with E-state index in [-0.39, 0.29) is 0 Å². The molecule has 2 N–H and O–H groups in total. The Bertz CT molecular complexity index is 454. The molecule has 0 unspecified atom stereocenters. The first-order chi connectivity index (χ1) is 7.15. The molecule has 0 saturated heterocycles. The summed E-state index contributed by atoms with van der Waals surface area (Å²) >= 11 is 5.09. The molecule has 0 fully saturated rings. The van der Waals surface area contributed by atoms with Gasteiger partial charge in [-0.25, -0.2) is 0 Å². The van der Waals surface area contributed by atoms with Crippen LogP contribution in [0.5, 0.6) is 0 Å². The van der Waals surface area contributed by atoms with Crippen molar-refractivity contribution >= 4 is 38.1 Å². The summed E-state index contributed by atoms with van der Waals surface area (Å²) in [6, 6.07) is 3.80. The maximum Gasteiger partial charge on any atom is 0.167 e. The van der Waals surface area contributed by atoms with Crippen molar-refractivity contribution in [3.8, 4) is 0 Å². The third-order valence-electron chi connectivity index (χ3n) is 1.90. The van der Waals surface area contributed by atoms with Gasteiger partial charge in [0.05, 0.1) is 11.5 Å². The molecule has 0 saturated carbocycles. The van der Waals surface area contributed by atoms with Crippen LogP contribution in [0.25, 0.3) is 0 Å². The van der Waals surface area contributed by atoms with Crippen LogP contribution in [0.15, 0.2) is 26.5 Å². The van der Waals surface area contributed by atoms with E-state index in [4.69, 9.17) is 10.3 Å². The zero-order valence-electron chi connectivity index (χ0n) is 8.11. The van der Waals surface area contributed by atoms with E-state index >= 15 is 0 Å². The van der Waals surface area contributed by atoms with E-state index in [1.165, 1.54) is 0 Å². The van der Waals surface area contributed by atoms with Crippen LogP contribution in [0.3, 0.4) is 0 Å². The van der Waals surface area contributed by atoms with E-state index in [1.807, 2.05) is 12.4 Å². The summed E-state index contributed by atoms with van der Waals surface area (Å²) in [5.41, 5.74) is 5.47. The maximum absolute atomic E-state index is 5.47. The Morgan fingerprint density at radius 3 is 2.93 bits per heavy atom. The number of hydrogen-bond donors (Lipinski definition) is 1. The van der Waals surface area contributed by atoms with Crippen LogP contribution in [0.1, 0.15) is 5.76 Å². The van der Waals surface area contributed by atoms with E-state index < -0.39 is 0 Å². The van der Waals surface area contributed by atoms with Crippen molar-refractivity contribution in [3.63, 3.8) is 0 Å². The van der Waals surface area contributed by atoms with E-state index in [1.54, 1.807) is 17.4 Å². The van der Waals surface area contributed by atoms with E-state index in [0.717, 1.165) is 15.2 Å². The third kappa shape index (κ3) is 2.51. The van der Waals surface area contributed by atoms with Crippen molar-refractivity contribution in [1.29, 1.82) is 0 Å². The minimum absolute atomic E-state index is 0.422. The largest absolute Gasteiger partial charge is 0.381 e. The number of anilines is 2. The molecule has 0 aliphatic carbocycles. The van der Waals surface area contributed by atoms with Crippen LogP contribution in [-0.2, 0) is 6.54 Å². The quantitative estimate of drug-likeness (QED) is 0.943. The number of halogens is 1. The molecule has 2 rings (SSSR count). The Balaban J connectivity index is 2.06. The van der Waals surface area contributed by atoms with Gasteiger partial charge >= 0.3 is 0 Å². The highest BCUT2D eigenvalue weighted by molar-refractivity contribution is 9.10. The maximum atomic E-state index is 5.47. The van der Waals surface area contributed by atoms with Crippen LogP contribution in [0, 0.1) is 0 Å². The van der Waals surface area contributed by atoms with Crippen molar-refractivity contribution in [2.45, 2.75) is 6.54 Å². The molecule has 0 aliphatic heterocycles. The SMILES string of the molecule is CN(Cc1cc(N)no1)c1cc(Br)cs1. The highest BCUT2D eigenvalue weighted by atomic mass is 79.9. The van der Waals surface area contributed by atoms with Gasteiger partial charge in [0.25, 0.3) is 0 Å². The molecule has 0 bridgehead atoms. The molecule has 80 valence electrons. The predicted octanol–water partition coefficient (Wildman–Crippen LogP) is 2.72. The summed E-state index contributed by atoms with van der Waals surface area (Å²) in [5, 5.41) is 6.84. The molecule has 4 nitrogen and oxygen atoms in total. The molecule has 0 atom stereocenters. The van der Waals surface area contributed by atoms with Crippen molar-refractivity contribution in [2.24, 2.45) is 0 Å². The van der Waals surface area contributed by atoms with Gasteiger partial charge in [-0.2, -0.15) is 0 Å². The molecule has 0 spiro atoms. The highest BCUT2D eigenvalue weighted by Gasteiger charge is 2.08. The molecule has 0 aromatic carbocycles. The van der Waals surface area contributed by atoms with Crippen LogP contribution >= 0.6 is 27.3 Å². The molecule has 2 aromatic rings. The number of hydrogen-bond acceptors (Lipinski definition) is 5. The fourth-order valence-corrected chi connectivity index (χ4v) is 2.61. The fourth-order valence-electron chi connectivity index (χ4n) is 1.22. The second-order valence-corrected chi connectivity index (χ2v) is 4.98. The molecular weight excluding hydrogens is 278 g/mol. The molecule has 0 radical (unpaired) electrons. The van der Waals surface area contributed by atoms with Gasteiger partial charge < -0.3 is 15.2 Å². The number of aromatic nitrogens is 1. The first-order valence-corrected chi connectivity index (χ1v) is 5.98. The van der Waals surface area contributed by atoms with Crippen molar-refractivity contribution in [3.05, 3.63) is 27.7 Å². The number of rotatable bonds is 3. The normalized spacial score (nSPS) is 10.5. The lowest BCUT2D eigenvalue weighted by Crippen LogP contribution is -2.14. The topological polar surface area (TPSA) is 55.3 Å². The summed E-state index contributed by atoms with van der Waals surface area (Å²) in [5.74, 6) is 1.19. The monoisotopic (exact) mass is 287 g/mol.